The van der Waals surface area contributed by atoms with Gasteiger partial charge < -0.3 is 10.5 Å². The van der Waals surface area contributed by atoms with Gasteiger partial charge in [-0.1, -0.05) is 24.3 Å². The molecule has 0 aliphatic carbocycles. The van der Waals surface area contributed by atoms with Crippen molar-refractivity contribution in [3.05, 3.63) is 59.9 Å². The molecule has 3 heteroatoms. The van der Waals surface area contributed by atoms with Crippen molar-refractivity contribution in [2.75, 3.05) is 7.11 Å². The van der Waals surface area contributed by atoms with Crippen molar-refractivity contribution in [2.24, 2.45) is 5.73 Å². The Balaban J connectivity index is 2.37. The summed E-state index contributed by atoms with van der Waals surface area (Å²) >= 11 is 0. The molecule has 1 heterocycles. The van der Waals surface area contributed by atoms with E-state index in [-0.39, 0.29) is 6.04 Å². The summed E-state index contributed by atoms with van der Waals surface area (Å²) in [6.45, 7) is 0. The first-order valence-corrected chi connectivity index (χ1v) is 5.12. The SMILES string of the molecule is COc1ccccc1C(N)c1ccccn1. The second-order valence-corrected chi connectivity index (χ2v) is 3.47. The van der Waals surface area contributed by atoms with Gasteiger partial charge in [-0.3, -0.25) is 4.98 Å². The molecule has 82 valence electrons. The van der Waals surface area contributed by atoms with Crippen LogP contribution >= 0.6 is 0 Å². The lowest BCUT2D eigenvalue weighted by Crippen LogP contribution is -2.14. The maximum Gasteiger partial charge on any atom is 0.124 e. The van der Waals surface area contributed by atoms with Crippen molar-refractivity contribution < 1.29 is 4.74 Å². The lowest BCUT2D eigenvalue weighted by Gasteiger charge is -2.14. The first-order chi connectivity index (χ1) is 7.83. The molecule has 1 unspecified atom stereocenters. The van der Waals surface area contributed by atoms with E-state index in [1.54, 1.807) is 13.3 Å². The van der Waals surface area contributed by atoms with Gasteiger partial charge in [-0.15, -0.1) is 0 Å². The second-order valence-electron chi connectivity index (χ2n) is 3.47. The molecular formula is C13H14N2O. The van der Waals surface area contributed by atoms with Gasteiger partial charge >= 0.3 is 0 Å². The van der Waals surface area contributed by atoms with E-state index < -0.39 is 0 Å². The monoisotopic (exact) mass is 214 g/mol. The zero-order valence-electron chi connectivity index (χ0n) is 9.13. The van der Waals surface area contributed by atoms with E-state index in [9.17, 15) is 0 Å². The van der Waals surface area contributed by atoms with Gasteiger partial charge in [-0.05, 0) is 18.2 Å². The molecule has 0 aliphatic rings. The normalized spacial score (nSPS) is 12.1. The number of hydrogen-bond acceptors (Lipinski definition) is 3. The number of rotatable bonds is 3. The van der Waals surface area contributed by atoms with Crippen LogP contribution in [0.4, 0.5) is 0 Å². The Bertz CT molecular complexity index is 456. The molecule has 0 saturated heterocycles. The van der Waals surface area contributed by atoms with Crippen molar-refractivity contribution in [3.63, 3.8) is 0 Å². The fourth-order valence-electron chi connectivity index (χ4n) is 1.64. The molecule has 16 heavy (non-hydrogen) atoms. The predicted molar refractivity (Wildman–Crippen MR) is 63.3 cm³/mol. The minimum atomic E-state index is -0.252. The molecule has 2 aromatic rings. The summed E-state index contributed by atoms with van der Waals surface area (Å²) in [6.07, 6.45) is 1.74. The Labute approximate surface area is 94.9 Å². The van der Waals surface area contributed by atoms with Crippen molar-refractivity contribution >= 4 is 0 Å². The van der Waals surface area contributed by atoms with E-state index in [2.05, 4.69) is 4.98 Å². The second kappa shape index (κ2) is 4.77. The Morgan fingerprint density at radius 1 is 1.12 bits per heavy atom. The Kier molecular flexibility index (Phi) is 3.17. The largest absolute Gasteiger partial charge is 0.496 e. The summed E-state index contributed by atoms with van der Waals surface area (Å²) < 4.78 is 5.28. The van der Waals surface area contributed by atoms with Crippen LogP contribution in [-0.2, 0) is 0 Å². The molecule has 0 saturated carbocycles. The highest BCUT2D eigenvalue weighted by Crippen LogP contribution is 2.26. The van der Waals surface area contributed by atoms with Gasteiger partial charge in [0.15, 0.2) is 0 Å². The number of para-hydroxylation sites is 1. The highest BCUT2D eigenvalue weighted by molar-refractivity contribution is 5.39. The van der Waals surface area contributed by atoms with Gasteiger partial charge in [-0.25, -0.2) is 0 Å². The summed E-state index contributed by atoms with van der Waals surface area (Å²) in [7, 11) is 1.64. The molecule has 0 radical (unpaired) electrons. The minimum absolute atomic E-state index is 0.252. The van der Waals surface area contributed by atoms with Gasteiger partial charge in [0, 0.05) is 11.8 Å². The van der Waals surface area contributed by atoms with Crippen LogP contribution < -0.4 is 10.5 Å². The van der Waals surface area contributed by atoms with Crippen LogP contribution in [0.25, 0.3) is 0 Å². The summed E-state index contributed by atoms with van der Waals surface area (Å²) in [6, 6.07) is 13.2. The number of nitrogens with two attached hydrogens (primary N) is 1. The van der Waals surface area contributed by atoms with E-state index in [1.165, 1.54) is 0 Å². The van der Waals surface area contributed by atoms with Crippen LogP contribution in [0, 0.1) is 0 Å². The first kappa shape index (κ1) is 10.6. The molecule has 1 aromatic heterocycles. The molecule has 0 amide bonds. The van der Waals surface area contributed by atoms with Crippen LogP contribution in [-0.4, -0.2) is 12.1 Å². The molecular weight excluding hydrogens is 200 g/mol. The Morgan fingerprint density at radius 2 is 1.88 bits per heavy atom. The number of pyridine rings is 1. The van der Waals surface area contributed by atoms with Crippen LogP contribution in [0.2, 0.25) is 0 Å². The topological polar surface area (TPSA) is 48.1 Å². The Morgan fingerprint density at radius 3 is 2.56 bits per heavy atom. The standard InChI is InChI=1S/C13H14N2O/c1-16-12-8-3-2-6-10(12)13(14)11-7-4-5-9-15-11/h2-9,13H,14H2,1H3. The number of ether oxygens (including phenoxy) is 1. The van der Waals surface area contributed by atoms with Crippen molar-refractivity contribution in [1.82, 2.24) is 4.98 Å². The molecule has 0 aliphatic heterocycles. The Hall–Kier alpha value is -1.87. The molecule has 2 N–H and O–H groups in total. The zero-order chi connectivity index (χ0) is 11.4. The highest BCUT2D eigenvalue weighted by Gasteiger charge is 2.13. The van der Waals surface area contributed by atoms with Gasteiger partial charge in [0.2, 0.25) is 0 Å². The molecule has 3 nitrogen and oxygen atoms in total. The average Bonchev–Trinajstić information content (AvgIpc) is 2.39. The lowest BCUT2D eigenvalue weighted by molar-refractivity contribution is 0.407. The third-order valence-corrected chi connectivity index (χ3v) is 2.48. The van der Waals surface area contributed by atoms with Crippen LogP contribution in [0.5, 0.6) is 5.75 Å². The van der Waals surface area contributed by atoms with Crippen molar-refractivity contribution in [3.8, 4) is 5.75 Å². The third-order valence-electron chi connectivity index (χ3n) is 2.48. The molecule has 1 atom stereocenters. The number of benzene rings is 1. The van der Waals surface area contributed by atoms with Crippen LogP contribution in [0.15, 0.2) is 48.7 Å². The molecule has 1 aromatic carbocycles. The van der Waals surface area contributed by atoms with E-state index >= 15 is 0 Å². The minimum Gasteiger partial charge on any atom is -0.496 e. The number of hydrogen-bond donors (Lipinski definition) is 1. The maximum atomic E-state index is 6.15. The quantitative estimate of drug-likeness (QED) is 0.851. The summed E-state index contributed by atoms with van der Waals surface area (Å²) in [4.78, 5) is 4.25. The average molecular weight is 214 g/mol. The highest BCUT2D eigenvalue weighted by atomic mass is 16.5. The van der Waals surface area contributed by atoms with E-state index in [4.69, 9.17) is 10.5 Å². The summed E-state index contributed by atoms with van der Waals surface area (Å²) in [5.74, 6) is 0.792. The summed E-state index contributed by atoms with van der Waals surface area (Å²) in [5, 5.41) is 0. The van der Waals surface area contributed by atoms with Crippen molar-refractivity contribution in [2.45, 2.75) is 6.04 Å². The molecule has 0 spiro atoms. The number of nitrogens with zero attached hydrogens (tertiary/aromatic N) is 1. The predicted octanol–water partition coefficient (Wildman–Crippen LogP) is 2.14. The summed E-state index contributed by atoms with van der Waals surface area (Å²) in [5.41, 5.74) is 7.94. The van der Waals surface area contributed by atoms with Crippen LogP contribution in [0.1, 0.15) is 17.3 Å². The molecule has 0 bridgehead atoms. The van der Waals surface area contributed by atoms with Crippen LogP contribution in [0.3, 0.4) is 0 Å². The van der Waals surface area contributed by atoms with E-state index in [0.717, 1.165) is 17.0 Å². The smallest absolute Gasteiger partial charge is 0.124 e. The molecule has 2 rings (SSSR count). The fourth-order valence-corrected chi connectivity index (χ4v) is 1.64. The fraction of sp³-hybridized carbons (Fsp3) is 0.154. The third kappa shape index (κ3) is 2.04. The molecule has 0 fully saturated rings. The van der Waals surface area contributed by atoms with E-state index in [1.807, 2.05) is 42.5 Å². The number of aromatic nitrogens is 1. The maximum absolute atomic E-state index is 6.15. The van der Waals surface area contributed by atoms with Gasteiger partial charge in [-0.2, -0.15) is 0 Å². The zero-order valence-corrected chi connectivity index (χ0v) is 9.13. The van der Waals surface area contributed by atoms with Gasteiger partial charge in [0.05, 0.1) is 18.8 Å². The van der Waals surface area contributed by atoms with E-state index in [0.29, 0.717) is 0 Å². The first-order valence-electron chi connectivity index (χ1n) is 5.12. The van der Waals surface area contributed by atoms with Gasteiger partial charge in [0.25, 0.3) is 0 Å². The van der Waals surface area contributed by atoms with Crippen molar-refractivity contribution in [1.29, 1.82) is 0 Å². The van der Waals surface area contributed by atoms with Gasteiger partial charge in [0.1, 0.15) is 5.75 Å². The lowest BCUT2D eigenvalue weighted by atomic mass is 10.0. The number of methoxy groups -OCH3 is 1.